The van der Waals surface area contributed by atoms with E-state index in [2.05, 4.69) is 36.6 Å². The first-order valence-electron chi connectivity index (χ1n) is 6.28. The first-order chi connectivity index (χ1) is 9.83. The van der Waals surface area contributed by atoms with Crippen molar-refractivity contribution in [1.82, 2.24) is 0 Å². The molecule has 2 aromatic carbocycles. The largest absolute Gasteiger partial charge is 0.280 e. The molecule has 0 fully saturated rings. The van der Waals surface area contributed by atoms with Gasteiger partial charge in [-0.05, 0) is 54.8 Å². The molecule has 6 heteroatoms. The van der Waals surface area contributed by atoms with Gasteiger partial charge in [-0.1, -0.05) is 44.0 Å². The average molecular weight is 433 g/mol. The van der Waals surface area contributed by atoms with Crippen LogP contribution in [0.3, 0.4) is 0 Å². The highest BCUT2D eigenvalue weighted by Gasteiger charge is 2.15. The Morgan fingerprint density at radius 3 is 2.05 bits per heavy atom. The van der Waals surface area contributed by atoms with E-state index in [1.807, 2.05) is 26.0 Å². The zero-order valence-corrected chi connectivity index (χ0v) is 15.6. The molecule has 0 aromatic heterocycles. The van der Waals surface area contributed by atoms with Crippen LogP contribution < -0.4 is 4.72 Å². The van der Waals surface area contributed by atoms with Crippen LogP contribution in [-0.2, 0) is 15.4 Å². The first kappa shape index (κ1) is 16.5. The Morgan fingerprint density at radius 1 is 1.05 bits per heavy atom. The molecule has 112 valence electrons. The summed E-state index contributed by atoms with van der Waals surface area (Å²) < 4.78 is 28.4. The number of benzene rings is 2. The molecule has 0 aliphatic carbocycles. The van der Waals surface area contributed by atoms with Gasteiger partial charge < -0.3 is 0 Å². The lowest BCUT2D eigenvalue weighted by molar-refractivity contribution is 0.601. The van der Waals surface area contributed by atoms with Crippen LogP contribution in [0.2, 0.25) is 0 Å². The lowest BCUT2D eigenvalue weighted by Crippen LogP contribution is -2.13. The highest BCUT2D eigenvalue weighted by molar-refractivity contribution is 9.10. The molecule has 0 spiro atoms. The summed E-state index contributed by atoms with van der Waals surface area (Å²) in [7, 11) is -3.57. The third-order valence-electron chi connectivity index (χ3n) is 3.08. The molecule has 0 heterocycles. The van der Waals surface area contributed by atoms with Crippen molar-refractivity contribution in [3.05, 3.63) is 57.6 Å². The zero-order valence-electron chi connectivity index (χ0n) is 11.7. The van der Waals surface area contributed by atoms with Gasteiger partial charge in [-0.15, -0.1) is 0 Å². The SMILES string of the molecule is Cc1cc(NS(=O)(=O)c2ccc(CBr)cc2)cc(C)c1Br. The summed E-state index contributed by atoms with van der Waals surface area (Å²) in [4.78, 5) is 0.255. The predicted molar refractivity (Wildman–Crippen MR) is 93.5 cm³/mol. The van der Waals surface area contributed by atoms with Gasteiger partial charge in [0.05, 0.1) is 4.90 Å². The molecule has 0 radical (unpaired) electrons. The summed E-state index contributed by atoms with van der Waals surface area (Å²) in [6.45, 7) is 3.86. The van der Waals surface area contributed by atoms with Crippen molar-refractivity contribution in [2.45, 2.75) is 24.1 Å². The fraction of sp³-hybridized carbons (Fsp3) is 0.200. The number of sulfonamides is 1. The van der Waals surface area contributed by atoms with Crippen molar-refractivity contribution < 1.29 is 8.42 Å². The number of halogens is 2. The van der Waals surface area contributed by atoms with Gasteiger partial charge in [0.25, 0.3) is 10.0 Å². The molecular weight excluding hydrogens is 418 g/mol. The minimum Gasteiger partial charge on any atom is -0.280 e. The summed E-state index contributed by atoms with van der Waals surface area (Å²) in [6, 6.07) is 10.4. The van der Waals surface area contributed by atoms with Crippen LogP contribution in [0.5, 0.6) is 0 Å². The van der Waals surface area contributed by atoms with E-state index in [0.717, 1.165) is 21.2 Å². The van der Waals surface area contributed by atoms with Gasteiger partial charge in [-0.3, -0.25) is 4.72 Å². The second-order valence-corrected chi connectivity index (χ2v) is 7.84. The van der Waals surface area contributed by atoms with Gasteiger partial charge in [-0.25, -0.2) is 8.42 Å². The van der Waals surface area contributed by atoms with Crippen LogP contribution in [0, 0.1) is 13.8 Å². The maximum absolute atomic E-state index is 12.4. The van der Waals surface area contributed by atoms with Crippen LogP contribution in [-0.4, -0.2) is 8.42 Å². The number of aryl methyl sites for hydroxylation is 2. The van der Waals surface area contributed by atoms with Gasteiger partial charge in [0.15, 0.2) is 0 Å². The average Bonchev–Trinajstić information content (AvgIpc) is 2.44. The molecule has 0 saturated carbocycles. The minimum absolute atomic E-state index is 0.255. The Balaban J connectivity index is 2.32. The van der Waals surface area contributed by atoms with Crippen molar-refractivity contribution in [3.63, 3.8) is 0 Å². The van der Waals surface area contributed by atoms with Gasteiger partial charge in [0, 0.05) is 15.5 Å². The Hall–Kier alpha value is -0.850. The fourth-order valence-corrected chi connectivity index (χ4v) is 3.62. The third kappa shape index (κ3) is 3.87. The van der Waals surface area contributed by atoms with Gasteiger partial charge in [-0.2, -0.15) is 0 Å². The molecule has 2 rings (SSSR count). The summed E-state index contributed by atoms with van der Waals surface area (Å²) in [5.74, 6) is 0. The second-order valence-electron chi connectivity index (χ2n) is 4.81. The van der Waals surface area contributed by atoms with Crippen LogP contribution in [0.1, 0.15) is 16.7 Å². The van der Waals surface area contributed by atoms with E-state index in [0.29, 0.717) is 11.0 Å². The highest BCUT2D eigenvalue weighted by Crippen LogP contribution is 2.26. The van der Waals surface area contributed by atoms with Gasteiger partial charge in [0.1, 0.15) is 0 Å². The first-order valence-corrected chi connectivity index (χ1v) is 9.68. The lowest BCUT2D eigenvalue weighted by Gasteiger charge is -2.11. The molecule has 1 N–H and O–H groups in total. The van der Waals surface area contributed by atoms with E-state index in [-0.39, 0.29) is 4.90 Å². The maximum atomic E-state index is 12.4. The molecule has 0 atom stereocenters. The van der Waals surface area contributed by atoms with Crippen LogP contribution in [0.15, 0.2) is 45.8 Å². The number of nitrogens with one attached hydrogen (secondary N) is 1. The van der Waals surface area contributed by atoms with Gasteiger partial charge in [0.2, 0.25) is 0 Å². The second kappa shape index (κ2) is 6.50. The van der Waals surface area contributed by atoms with Crippen LogP contribution >= 0.6 is 31.9 Å². The van der Waals surface area contributed by atoms with E-state index in [9.17, 15) is 8.42 Å². The van der Waals surface area contributed by atoms with Crippen molar-refractivity contribution >= 4 is 47.6 Å². The van der Waals surface area contributed by atoms with Crippen LogP contribution in [0.4, 0.5) is 5.69 Å². The molecule has 0 aliphatic rings. The van der Waals surface area contributed by atoms with E-state index in [1.54, 1.807) is 24.3 Å². The van der Waals surface area contributed by atoms with Crippen LogP contribution in [0.25, 0.3) is 0 Å². The van der Waals surface area contributed by atoms with E-state index in [1.165, 1.54) is 0 Å². The summed E-state index contributed by atoms with van der Waals surface area (Å²) in [5.41, 5.74) is 3.58. The molecule has 0 saturated heterocycles. The molecule has 0 unspecified atom stereocenters. The summed E-state index contributed by atoms with van der Waals surface area (Å²) in [6.07, 6.45) is 0. The summed E-state index contributed by atoms with van der Waals surface area (Å²) in [5, 5.41) is 0.700. The Morgan fingerprint density at radius 2 is 1.57 bits per heavy atom. The Bertz CT molecular complexity index is 733. The van der Waals surface area contributed by atoms with Crippen molar-refractivity contribution in [2.24, 2.45) is 0 Å². The maximum Gasteiger partial charge on any atom is 0.261 e. The zero-order chi connectivity index (χ0) is 15.6. The molecule has 2 aromatic rings. The van der Waals surface area contributed by atoms with Crippen molar-refractivity contribution in [3.8, 4) is 0 Å². The summed E-state index contributed by atoms with van der Waals surface area (Å²) >= 11 is 6.81. The van der Waals surface area contributed by atoms with Crippen molar-refractivity contribution in [2.75, 3.05) is 4.72 Å². The number of hydrogen-bond acceptors (Lipinski definition) is 2. The predicted octanol–water partition coefficient (Wildman–Crippen LogP) is 4.76. The number of hydrogen-bond donors (Lipinski definition) is 1. The number of alkyl halides is 1. The minimum atomic E-state index is -3.57. The molecule has 0 bridgehead atoms. The fourth-order valence-electron chi connectivity index (χ4n) is 1.98. The van der Waals surface area contributed by atoms with Gasteiger partial charge >= 0.3 is 0 Å². The quantitative estimate of drug-likeness (QED) is 0.707. The Kier molecular flexibility index (Phi) is 5.11. The highest BCUT2D eigenvalue weighted by atomic mass is 79.9. The van der Waals surface area contributed by atoms with E-state index in [4.69, 9.17) is 0 Å². The normalized spacial score (nSPS) is 11.4. The topological polar surface area (TPSA) is 46.2 Å². The standard InChI is InChI=1S/C15H15Br2NO2S/c1-10-7-13(8-11(2)15(10)17)18-21(19,20)14-5-3-12(9-16)4-6-14/h3-8,18H,9H2,1-2H3. The Labute approximate surface area is 142 Å². The lowest BCUT2D eigenvalue weighted by atomic mass is 10.1. The van der Waals surface area contributed by atoms with E-state index < -0.39 is 10.0 Å². The van der Waals surface area contributed by atoms with Crippen molar-refractivity contribution in [1.29, 1.82) is 0 Å². The smallest absolute Gasteiger partial charge is 0.261 e. The number of anilines is 1. The monoisotopic (exact) mass is 431 g/mol. The molecule has 3 nitrogen and oxygen atoms in total. The molecular formula is C15H15Br2NO2S. The molecule has 21 heavy (non-hydrogen) atoms. The van der Waals surface area contributed by atoms with E-state index >= 15 is 0 Å². The number of rotatable bonds is 4. The third-order valence-corrected chi connectivity index (χ3v) is 6.37. The molecule has 0 aliphatic heterocycles. The molecule has 0 amide bonds.